The first kappa shape index (κ1) is 24.6. The minimum Gasteiger partial charge on any atom is -0.321 e. The van der Waals surface area contributed by atoms with Crippen molar-refractivity contribution in [3.63, 3.8) is 0 Å². The average molecular weight is 502 g/mol. The molecule has 35 heavy (non-hydrogen) atoms. The number of amides is 2. The van der Waals surface area contributed by atoms with Crippen molar-refractivity contribution in [3.8, 4) is 6.07 Å². The van der Waals surface area contributed by atoms with Crippen molar-refractivity contribution in [2.24, 2.45) is 0 Å². The highest BCUT2D eigenvalue weighted by atomic mass is 35.5. The Labute approximate surface area is 214 Å². The van der Waals surface area contributed by atoms with E-state index in [4.69, 9.17) is 11.6 Å². The predicted octanol–water partition coefficient (Wildman–Crippen LogP) is 6.28. The van der Waals surface area contributed by atoms with Crippen molar-refractivity contribution in [3.05, 3.63) is 105 Å². The fourth-order valence-electron chi connectivity index (χ4n) is 3.84. The highest BCUT2D eigenvalue weighted by molar-refractivity contribution is 8.05. The zero-order valence-electron chi connectivity index (χ0n) is 19.4. The number of hydrogen-bond acceptors (Lipinski definition) is 4. The summed E-state index contributed by atoms with van der Waals surface area (Å²) in [5.41, 5.74) is 4.12. The van der Waals surface area contributed by atoms with Gasteiger partial charge in [0.15, 0.2) is 0 Å². The fourth-order valence-corrected chi connectivity index (χ4v) is 5.27. The van der Waals surface area contributed by atoms with Crippen LogP contribution in [0.2, 0.25) is 5.02 Å². The van der Waals surface area contributed by atoms with Crippen LogP contribution in [0.1, 0.15) is 23.6 Å². The van der Waals surface area contributed by atoms with E-state index in [1.807, 2.05) is 61.5 Å². The number of aryl methyl sites for hydroxylation is 2. The fraction of sp³-hybridized carbons (Fsp3) is 0.179. The van der Waals surface area contributed by atoms with Crippen molar-refractivity contribution < 1.29 is 9.59 Å². The minimum atomic E-state index is -0.542. The molecule has 5 nitrogen and oxygen atoms in total. The summed E-state index contributed by atoms with van der Waals surface area (Å²) in [7, 11) is 0. The summed E-state index contributed by atoms with van der Waals surface area (Å²) in [6.45, 7) is 3.94. The topological polar surface area (TPSA) is 73.2 Å². The van der Waals surface area contributed by atoms with E-state index in [2.05, 4.69) is 18.3 Å². The van der Waals surface area contributed by atoms with Gasteiger partial charge in [0.25, 0.3) is 5.91 Å². The highest BCUT2D eigenvalue weighted by Gasteiger charge is 2.40. The molecular formula is C28H24ClN3O2S. The molecule has 1 aliphatic rings. The number of anilines is 2. The normalized spacial score (nSPS) is 16.7. The van der Waals surface area contributed by atoms with E-state index in [-0.39, 0.29) is 11.5 Å². The van der Waals surface area contributed by atoms with Gasteiger partial charge in [0.1, 0.15) is 16.7 Å². The van der Waals surface area contributed by atoms with E-state index in [9.17, 15) is 14.9 Å². The van der Waals surface area contributed by atoms with Gasteiger partial charge in [0.05, 0.1) is 5.25 Å². The Morgan fingerprint density at radius 3 is 2.34 bits per heavy atom. The first-order valence-electron chi connectivity index (χ1n) is 11.3. The van der Waals surface area contributed by atoms with Gasteiger partial charge in [-0.1, -0.05) is 72.8 Å². The van der Waals surface area contributed by atoms with Crippen LogP contribution in [0.3, 0.4) is 0 Å². The summed E-state index contributed by atoms with van der Waals surface area (Å²) in [6, 6.07) is 24.4. The molecule has 0 spiro atoms. The number of nitriles is 1. The molecule has 0 aromatic heterocycles. The van der Waals surface area contributed by atoms with Crippen molar-refractivity contribution in [2.45, 2.75) is 31.9 Å². The summed E-state index contributed by atoms with van der Waals surface area (Å²) in [6.07, 6.45) is 1.32. The maximum atomic E-state index is 13.6. The molecule has 1 atom stereocenters. The molecule has 2 amide bonds. The Morgan fingerprint density at radius 1 is 1.06 bits per heavy atom. The second-order valence-electron chi connectivity index (χ2n) is 8.19. The molecule has 0 aliphatic carbocycles. The number of rotatable bonds is 6. The number of thioether (sulfide) groups is 1. The van der Waals surface area contributed by atoms with Crippen LogP contribution in [0.25, 0.3) is 0 Å². The molecule has 1 saturated heterocycles. The molecule has 7 heteroatoms. The molecule has 3 aromatic carbocycles. The first-order valence-corrected chi connectivity index (χ1v) is 12.5. The van der Waals surface area contributed by atoms with Crippen molar-refractivity contribution in [1.29, 1.82) is 5.26 Å². The van der Waals surface area contributed by atoms with E-state index in [1.165, 1.54) is 16.7 Å². The molecule has 0 bridgehead atoms. The molecule has 0 saturated carbocycles. The minimum absolute atomic E-state index is 0.0928. The van der Waals surface area contributed by atoms with Gasteiger partial charge in [0.2, 0.25) is 5.91 Å². The second kappa shape index (κ2) is 10.8. The summed E-state index contributed by atoms with van der Waals surface area (Å²) in [5, 5.41) is 13.3. The van der Waals surface area contributed by atoms with Crippen LogP contribution in [0.4, 0.5) is 11.4 Å². The van der Waals surface area contributed by atoms with Crippen LogP contribution < -0.4 is 10.2 Å². The Bertz CT molecular complexity index is 1330. The first-order chi connectivity index (χ1) is 16.9. The summed E-state index contributed by atoms with van der Waals surface area (Å²) < 4.78 is 0. The number of carbonyl (C=O) groups is 2. The average Bonchev–Trinajstić information content (AvgIpc) is 3.17. The van der Waals surface area contributed by atoms with Crippen LogP contribution in [-0.2, 0) is 22.4 Å². The molecule has 1 heterocycles. The van der Waals surface area contributed by atoms with Crippen molar-refractivity contribution >= 4 is 46.6 Å². The third-order valence-corrected chi connectivity index (χ3v) is 7.35. The lowest BCUT2D eigenvalue weighted by Gasteiger charge is -2.19. The van der Waals surface area contributed by atoms with Gasteiger partial charge in [-0.2, -0.15) is 5.26 Å². The Balaban J connectivity index is 1.73. The molecule has 1 aliphatic heterocycles. The van der Waals surface area contributed by atoms with E-state index in [0.717, 1.165) is 23.1 Å². The van der Waals surface area contributed by atoms with E-state index < -0.39 is 11.2 Å². The maximum absolute atomic E-state index is 13.6. The van der Waals surface area contributed by atoms with Crippen LogP contribution in [0.5, 0.6) is 0 Å². The van der Waals surface area contributed by atoms with Crippen LogP contribution in [-0.4, -0.2) is 17.1 Å². The molecule has 176 valence electrons. The predicted molar refractivity (Wildman–Crippen MR) is 142 cm³/mol. The standard InChI is InChI=1S/C28H24ClN3O2S/c1-3-19-10-14-22(15-11-19)32-27(34)25(16-20-8-12-21(29)13-9-20)35-28(32)23(17-30)26(33)31-24-7-5-4-6-18(24)2/h4-15,25H,3,16H2,1-2H3,(H,31,33)/b28-23-. The molecule has 1 fully saturated rings. The Kier molecular flexibility index (Phi) is 7.60. The quantitative estimate of drug-likeness (QED) is 0.319. The van der Waals surface area contributed by atoms with E-state index in [0.29, 0.717) is 27.8 Å². The Hall–Kier alpha value is -3.53. The van der Waals surface area contributed by atoms with Crippen molar-refractivity contribution in [2.75, 3.05) is 10.2 Å². The van der Waals surface area contributed by atoms with Gasteiger partial charge in [-0.3, -0.25) is 14.5 Å². The molecule has 3 aromatic rings. The molecular weight excluding hydrogens is 478 g/mol. The van der Waals surface area contributed by atoms with Gasteiger partial charge >= 0.3 is 0 Å². The van der Waals surface area contributed by atoms with Gasteiger partial charge < -0.3 is 5.32 Å². The number of hydrogen-bond donors (Lipinski definition) is 1. The van der Waals surface area contributed by atoms with Crippen LogP contribution >= 0.6 is 23.4 Å². The molecule has 1 unspecified atom stereocenters. The van der Waals surface area contributed by atoms with Crippen molar-refractivity contribution in [1.82, 2.24) is 0 Å². The largest absolute Gasteiger partial charge is 0.321 e. The number of para-hydroxylation sites is 1. The SMILES string of the molecule is CCc1ccc(N2C(=O)C(Cc3ccc(Cl)cc3)S/C2=C(/C#N)C(=O)Nc2ccccc2C)cc1. The smallest absolute Gasteiger partial charge is 0.269 e. The number of benzene rings is 3. The number of halogens is 1. The lowest BCUT2D eigenvalue weighted by molar-refractivity contribution is -0.117. The molecule has 0 radical (unpaired) electrons. The van der Waals surface area contributed by atoms with E-state index >= 15 is 0 Å². The van der Waals surface area contributed by atoms with Gasteiger partial charge in [-0.15, -0.1) is 0 Å². The summed E-state index contributed by atoms with van der Waals surface area (Å²) in [4.78, 5) is 28.3. The summed E-state index contributed by atoms with van der Waals surface area (Å²) >= 11 is 7.26. The lowest BCUT2D eigenvalue weighted by Crippen LogP contribution is -2.31. The van der Waals surface area contributed by atoms with E-state index in [1.54, 1.807) is 18.2 Å². The third kappa shape index (κ3) is 5.43. The summed E-state index contributed by atoms with van der Waals surface area (Å²) in [5.74, 6) is -0.708. The van der Waals surface area contributed by atoms with Crippen LogP contribution in [0, 0.1) is 18.3 Å². The zero-order valence-corrected chi connectivity index (χ0v) is 21.0. The number of nitrogens with zero attached hydrogens (tertiary/aromatic N) is 2. The van der Waals surface area contributed by atoms with Gasteiger partial charge in [-0.05, 0) is 66.8 Å². The maximum Gasteiger partial charge on any atom is 0.269 e. The second-order valence-corrected chi connectivity index (χ2v) is 9.82. The van der Waals surface area contributed by atoms with Gasteiger partial charge in [-0.25, -0.2) is 0 Å². The third-order valence-electron chi connectivity index (χ3n) is 5.84. The lowest BCUT2D eigenvalue weighted by atomic mass is 10.1. The zero-order chi connectivity index (χ0) is 24.9. The monoisotopic (exact) mass is 501 g/mol. The van der Waals surface area contributed by atoms with Gasteiger partial charge in [0, 0.05) is 16.4 Å². The highest BCUT2D eigenvalue weighted by Crippen LogP contribution is 2.42. The molecule has 4 rings (SSSR count). The molecule has 1 N–H and O–H groups in total. The van der Waals surface area contributed by atoms with Crippen LogP contribution in [0.15, 0.2) is 83.4 Å². The number of carbonyl (C=O) groups excluding carboxylic acids is 2. The number of nitrogens with one attached hydrogen (secondary N) is 1. The Morgan fingerprint density at radius 2 is 1.71 bits per heavy atom.